The predicted octanol–water partition coefficient (Wildman–Crippen LogP) is 5.31. The number of rotatable bonds is 4. The minimum atomic E-state index is -0.0819. The van der Waals surface area contributed by atoms with Crippen LogP contribution in [-0.2, 0) is 11.2 Å². The van der Waals surface area contributed by atoms with E-state index in [-0.39, 0.29) is 5.91 Å². The number of aryl methyl sites for hydroxylation is 1. The fourth-order valence-corrected chi connectivity index (χ4v) is 4.64. The highest BCUT2D eigenvalue weighted by molar-refractivity contribution is 7.10. The maximum Gasteiger partial charge on any atom is 0.238 e. The van der Waals surface area contributed by atoms with Crippen LogP contribution in [0.5, 0.6) is 0 Å². The van der Waals surface area contributed by atoms with Gasteiger partial charge in [-0.25, -0.2) is 0 Å². The number of thiophene rings is 1. The molecule has 1 unspecified atom stereocenters. The van der Waals surface area contributed by atoms with Gasteiger partial charge in [-0.05, 0) is 48.4 Å². The summed E-state index contributed by atoms with van der Waals surface area (Å²) < 4.78 is 0. The molecule has 3 nitrogen and oxygen atoms in total. The number of benzene rings is 1. The van der Waals surface area contributed by atoms with E-state index in [1.807, 2.05) is 24.3 Å². The number of amides is 1. The molecule has 1 aromatic carbocycles. The van der Waals surface area contributed by atoms with Crippen LogP contribution < -0.4 is 5.32 Å². The fourth-order valence-electron chi connectivity index (χ4n) is 3.25. The van der Waals surface area contributed by atoms with Crippen molar-refractivity contribution in [2.75, 3.05) is 18.4 Å². The Morgan fingerprint density at radius 3 is 2.92 bits per heavy atom. The minimum absolute atomic E-state index is 0.0819. The SMILES string of the molecule is CCC1c2ccsc2CCN1CC(=O)Nc1c(Cl)ccc(C)c1Cl. The second kappa shape index (κ2) is 7.44. The number of fused-ring (bicyclic) bond motifs is 1. The van der Waals surface area contributed by atoms with Crippen LogP contribution in [0.2, 0.25) is 10.0 Å². The average Bonchev–Trinajstić information content (AvgIpc) is 3.03. The van der Waals surface area contributed by atoms with Crippen molar-refractivity contribution in [2.45, 2.75) is 32.7 Å². The lowest BCUT2D eigenvalue weighted by molar-refractivity contribution is -0.118. The van der Waals surface area contributed by atoms with Crippen molar-refractivity contribution in [1.29, 1.82) is 0 Å². The van der Waals surface area contributed by atoms with Crippen LogP contribution >= 0.6 is 34.5 Å². The summed E-state index contributed by atoms with van der Waals surface area (Å²) in [6.45, 7) is 5.30. The van der Waals surface area contributed by atoms with Crippen LogP contribution in [0, 0.1) is 6.92 Å². The first-order chi connectivity index (χ1) is 11.5. The number of carbonyl (C=O) groups is 1. The minimum Gasteiger partial charge on any atom is -0.322 e. The maximum absolute atomic E-state index is 12.5. The lowest BCUT2D eigenvalue weighted by atomic mass is 9.98. The molecule has 0 aliphatic carbocycles. The topological polar surface area (TPSA) is 32.3 Å². The van der Waals surface area contributed by atoms with Gasteiger partial charge in [-0.15, -0.1) is 11.3 Å². The molecule has 0 saturated heterocycles. The first kappa shape index (κ1) is 17.7. The van der Waals surface area contributed by atoms with Gasteiger partial charge in [-0.2, -0.15) is 0 Å². The molecule has 0 radical (unpaired) electrons. The molecular weight excluding hydrogens is 363 g/mol. The Hall–Kier alpha value is -1.07. The molecular formula is C18H20Cl2N2OS. The average molecular weight is 383 g/mol. The zero-order chi connectivity index (χ0) is 17.3. The quantitative estimate of drug-likeness (QED) is 0.776. The third kappa shape index (κ3) is 3.47. The van der Waals surface area contributed by atoms with E-state index in [2.05, 4.69) is 28.6 Å². The molecule has 0 fully saturated rings. The Kier molecular flexibility index (Phi) is 5.50. The van der Waals surface area contributed by atoms with Crippen LogP contribution in [-0.4, -0.2) is 23.9 Å². The Labute approximate surface area is 156 Å². The zero-order valence-electron chi connectivity index (χ0n) is 13.7. The first-order valence-corrected chi connectivity index (χ1v) is 9.69. The summed E-state index contributed by atoms with van der Waals surface area (Å²) in [5, 5.41) is 5.99. The summed E-state index contributed by atoms with van der Waals surface area (Å²) in [4.78, 5) is 16.2. The van der Waals surface area contributed by atoms with Crippen molar-refractivity contribution in [3.05, 3.63) is 49.6 Å². The molecule has 1 aliphatic rings. The van der Waals surface area contributed by atoms with Gasteiger partial charge in [0.05, 0.1) is 22.3 Å². The van der Waals surface area contributed by atoms with Gasteiger partial charge in [0.2, 0.25) is 5.91 Å². The largest absolute Gasteiger partial charge is 0.322 e. The lowest BCUT2D eigenvalue weighted by Gasteiger charge is -2.34. The van der Waals surface area contributed by atoms with Gasteiger partial charge in [-0.3, -0.25) is 9.69 Å². The Morgan fingerprint density at radius 1 is 1.38 bits per heavy atom. The summed E-state index contributed by atoms with van der Waals surface area (Å²) in [6, 6.07) is 6.09. The molecule has 6 heteroatoms. The number of nitrogens with one attached hydrogen (secondary N) is 1. The second-order valence-corrected chi connectivity index (χ2v) is 7.83. The molecule has 0 saturated carbocycles. The number of halogens is 2. The van der Waals surface area contributed by atoms with E-state index in [0.717, 1.165) is 24.9 Å². The van der Waals surface area contributed by atoms with Crippen molar-refractivity contribution < 1.29 is 4.79 Å². The molecule has 0 bridgehead atoms. The van der Waals surface area contributed by atoms with E-state index < -0.39 is 0 Å². The van der Waals surface area contributed by atoms with Crippen molar-refractivity contribution in [3.8, 4) is 0 Å². The van der Waals surface area contributed by atoms with E-state index in [1.54, 1.807) is 6.07 Å². The van der Waals surface area contributed by atoms with Gasteiger partial charge >= 0.3 is 0 Å². The van der Waals surface area contributed by atoms with E-state index >= 15 is 0 Å². The predicted molar refractivity (Wildman–Crippen MR) is 102 cm³/mol. The van der Waals surface area contributed by atoms with Crippen molar-refractivity contribution in [3.63, 3.8) is 0 Å². The highest BCUT2D eigenvalue weighted by Gasteiger charge is 2.28. The van der Waals surface area contributed by atoms with Gasteiger partial charge in [0.25, 0.3) is 0 Å². The van der Waals surface area contributed by atoms with Gasteiger partial charge in [-0.1, -0.05) is 36.2 Å². The molecule has 24 heavy (non-hydrogen) atoms. The second-order valence-electron chi connectivity index (χ2n) is 6.05. The van der Waals surface area contributed by atoms with Crippen molar-refractivity contribution >= 4 is 46.1 Å². The van der Waals surface area contributed by atoms with Crippen LogP contribution in [0.4, 0.5) is 5.69 Å². The molecule has 128 valence electrons. The monoisotopic (exact) mass is 382 g/mol. The molecule has 2 aromatic rings. The summed E-state index contributed by atoms with van der Waals surface area (Å²) in [5.74, 6) is -0.0819. The maximum atomic E-state index is 12.5. The van der Waals surface area contributed by atoms with Gasteiger partial charge in [0.1, 0.15) is 0 Å². The van der Waals surface area contributed by atoms with Crippen molar-refractivity contribution in [2.24, 2.45) is 0 Å². The highest BCUT2D eigenvalue weighted by Crippen LogP contribution is 2.36. The van der Waals surface area contributed by atoms with Crippen LogP contribution in [0.15, 0.2) is 23.6 Å². The first-order valence-electron chi connectivity index (χ1n) is 8.06. The number of hydrogen-bond acceptors (Lipinski definition) is 3. The van der Waals surface area contributed by atoms with Gasteiger partial charge < -0.3 is 5.32 Å². The number of nitrogens with zero attached hydrogens (tertiary/aromatic N) is 1. The van der Waals surface area contributed by atoms with Crippen molar-refractivity contribution in [1.82, 2.24) is 4.90 Å². The summed E-state index contributed by atoms with van der Waals surface area (Å²) in [5.41, 5.74) is 2.77. The molecule has 1 aliphatic heterocycles. The summed E-state index contributed by atoms with van der Waals surface area (Å²) >= 11 is 14.3. The Balaban J connectivity index is 1.73. The summed E-state index contributed by atoms with van der Waals surface area (Å²) in [6.07, 6.45) is 1.99. The standard InChI is InChI=1S/C18H20Cl2N2OS/c1-3-14-12-7-9-24-15(12)6-8-22(14)10-16(23)21-18-13(19)5-4-11(2)17(18)20/h4-5,7,9,14H,3,6,8,10H2,1-2H3,(H,21,23). The molecule has 3 rings (SSSR count). The number of hydrogen-bond donors (Lipinski definition) is 1. The van der Waals surface area contributed by atoms with E-state index in [4.69, 9.17) is 23.2 Å². The number of anilines is 1. The van der Waals surface area contributed by atoms with E-state index in [1.165, 1.54) is 10.4 Å². The molecule has 1 atom stereocenters. The lowest BCUT2D eigenvalue weighted by Crippen LogP contribution is -2.40. The smallest absolute Gasteiger partial charge is 0.238 e. The summed E-state index contributed by atoms with van der Waals surface area (Å²) in [7, 11) is 0. The number of carbonyl (C=O) groups excluding carboxylic acids is 1. The third-order valence-corrected chi connectivity index (χ3v) is 6.29. The van der Waals surface area contributed by atoms with Crippen LogP contribution in [0.25, 0.3) is 0 Å². The van der Waals surface area contributed by atoms with E-state index in [9.17, 15) is 4.79 Å². The molecule has 1 amide bonds. The molecule has 0 spiro atoms. The Bertz CT molecular complexity index is 759. The Morgan fingerprint density at radius 2 is 2.17 bits per heavy atom. The van der Waals surface area contributed by atoms with Crippen LogP contribution in [0.1, 0.15) is 35.4 Å². The van der Waals surface area contributed by atoms with Gasteiger partial charge in [0, 0.05) is 17.5 Å². The van der Waals surface area contributed by atoms with Gasteiger partial charge in [0.15, 0.2) is 0 Å². The van der Waals surface area contributed by atoms with Crippen LogP contribution in [0.3, 0.4) is 0 Å². The third-order valence-electron chi connectivity index (χ3n) is 4.49. The zero-order valence-corrected chi connectivity index (χ0v) is 16.1. The normalized spacial score (nSPS) is 17.6. The molecule has 2 heterocycles. The molecule has 1 aromatic heterocycles. The fraction of sp³-hybridized carbons (Fsp3) is 0.389. The molecule has 1 N–H and O–H groups in total. The van der Waals surface area contributed by atoms with E-state index in [0.29, 0.717) is 28.3 Å². The highest BCUT2D eigenvalue weighted by atomic mass is 35.5.